The number of nitrogens with two attached hydrogens (primary N) is 1. The number of nitrogens with one attached hydrogen (secondary N) is 2. The molecule has 1 fully saturated rings. The molecule has 0 atom stereocenters. The normalized spacial score (nSPS) is 16.4. The maximum Gasteiger partial charge on any atom is 0.416 e. The molecular formula is C20H23ClF3N5O2S. The molecule has 0 saturated carbocycles. The number of benzene rings is 1. The molecule has 12 heteroatoms. The van der Waals surface area contributed by atoms with Crippen LogP contribution in [0.25, 0.3) is 0 Å². The number of piperidine rings is 1. The molecule has 2 aliphatic rings. The van der Waals surface area contributed by atoms with Crippen molar-refractivity contribution in [3.63, 3.8) is 0 Å². The highest BCUT2D eigenvalue weighted by atomic mass is 35.5. The van der Waals surface area contributed by atoms with Crippen LogP contribution in [-0.2, 0) is 6.18 Å². The van der Waals surface area contributed by atoms with Crippen LogP contribution in [0.1, 0.15) is 28.8 Å². The number of pyridine rings is 1. The Labute approximate surface area is 193 Å². The van der Waals surface area contributed by atoms with E-state index in [0.717, 1.165) is 56.4 Å². The van der Waals surface area contributed by atoms with Crippen LogP contribution in [-0.4, -0.2) is 53.2 Å². The third-order valence-corrected chi connectivity index (χ3v) is 6.46. The Kier molecular flexibility index (Phi) is 7.43. The van der Waals surface area contributed by atoms with E-state index in [0.29, 0.717) is 33.5 Å². The van der Waals surface area contributed by atoms with Gasteiger partial charge in [-0.05, 0) is 31.0 Å². The highest BCUT2D eigenvalue weighted by Gasteiger charge is 2.34. The van der Waals surface area contributed by atoms with Gasteiger partial charge in [0.15, 0.2) is 0 Å². The Hall–Kier alpha value is -2.21. The predicted molar refractivity (Wildman–Crippen MR) is 119 cm³/mol. The number of hydrogen-bond acceptors (Lipinski definition) is 7. The molecule has 5 N–H and O–H groups in total. The van der Waals surface area contributed by atoms with Crippen molar-refractivity contribution in [1.29, 1.82) is 0 Å². The molecule has 2 aliphatic heterocycles. The standard InChI is InChI=1S/C20H22F3N5O2S.ClH/c21-20(22,23)12-8-14(26-13-1-4-28(5-2-13)6-3-24)17-15(9-12)31-16-7-11(19(29)30)10-25-18(16)27-17;/h7-10,13,26H,1-6,24H2,(H,25,27)(H,29,30);1H. The number of halogens is 4. The smallest absolute Gasteiger partial charge is 0.416 e. The van der Waals surface area contributed by atoms with Gasteiger partial charge in [0.25, 0.3) is 0 Å². The van der Waals surface area contributed by atoms with Crippen molar-refractivity contribution in [3.05, 3.63) is 35.5 Å². The monoisotopic (exact) mass is 489 g/mol. The summed E-state index contributed by atoms with van der Waals surface area (Å²) in [6, 6.07) is 3.65. The fourth-order valence-electron chi connectivity index (χ4n) is 3.78. The predicted octanol–water partition coefficient (Wildman–Crippen LogP) is 4.26. The second-order valence-electron chi connectivity index (χ2n) is 7.55. The number of rotatable bonds is 5. The average Bonchev–Trinajstić information content (AvgIpc) is 2.72. The van der Waals surface area contributed by atoms with E-state index >= 15 is 0 Å². The largest absolute Gasteiger partial charge is 0.478 e. The molecule has 0 aliphatic carbocycles. The van der Waals surface area contributed by atoms with E-state index < -0.39 is 17.7 Å². The minimum absolute atomic E-state index is 0. The molecule has 32 heavy (non-hydrogen) atoms. The summed E-state index contributed by atoms with van der Waals surface area (Å²) >= 11 is 1.08. The van der Waals surface area contributed by atoms with E-state index in [-0.39, 0.29) is 24.0 Å². The number of aromatic carboxylic acids is 1. The van der Waals surface area contributed by atoms with E-state index in [9.17, 15) is 23.1 Å². The van der Waals surface area contributed by atoms with Crippen LogP contribution >= 0.6 is 24.2 Å². The Balaban J connectivity index is 0.00000289. The number of carboxylic acid groups (broad SMARTS) is 1. The highest BCUT2D eigenvalue weighted by Crippen LogP contribution is 2.49. The fraction of sp³-hybridized carbons (Fsp3) is 0.400. The van der Waals surface area contributed by atoms with Gasteiger partial charge in [-0.15, -0.1) is 12.4 Å². The van der Waals surface area contributed by atoms with E-state index in [4.69, 9.17) is 5.73 Å². The van der Waals surface area contributed by atoms with Gasteiger partial charge in [0.2, 0.25) is 0 Å². The lowest BCUT2D eigenvalue weighted by atomic mass is 10.0. The zero-order valence-electron chi connectivity index (χ0n) is 16.9. The summed E-state index contributed by atoms with van der Waals surface area (Å²) in [5, 5.41) is 15.6. The molecule has 7 nitrogen and oxygen atoms in total. The number of nitrogens with zero attached hydrogens (tertiary/aromatic N) is 2. The van der Waals surface area contributed by atoms with Gasteiger partial charge >= 0.3 is 12.1 Å². The Morgan fingerprint density at radius 1 is 1.28 bits per heavy atom. The minimum Gasteiger partial charge on any atom is -0.478 e. The summed E-state index contributed by atoms with van der Waals surface area (Å²) in [6.45, 7) is 3.06. The van der Waals surface area contributed by atoms with Gasteiger partial charge in [0.1, 0.15) is 5.82 Å². The number of likely N-dealkylation sites (tertiary alicyclic amines) is 1. The number of carbonyl (C=O) groups is 1. The summed E-state index contributed by atoms with van der Waals surface area (Å²) in [4.78, 5) is 18.4. The molecular weight excluding hydrogens is 467 g/mol. The van der Waals surface area contributed by atoms with Gasteiger partial charge in [0, 0.05) is 43.3 Å². The zero-order valence-corrected chi connectivity index (χ0v) is 18.5. The average molecular weight is 490 g/mol. The second-order valence-corrected chi connectivity index (χ2v) is 8.63. The number of fused-ring (bicyclic) bond motifs is 2. The van der Waals surface area contributed by atoms with E-state index in [1.54, 1.807) is 0 Å². The van der Waals surface area contributed by atoms with E-state index in [1.165, 1.54) is 12.3 Å². The third-order valence-electron chi connectivity index (χ3n) is 5.39. The molecule has 0 radical (unpaired) electrons. The SMILES string of the molecule is Cl.NCCN1CCC(Nc2cc(C(F)(F)F)cc3c2Nc2ncc(C(=O)O)cc2S3)CC1. The van der Waals surface area contributed by atoms with Gasteiger partial charge in [-0.1, -0.05) is 11.8 Å². The summed E-state index contributed by atoms with van der Waals surface area (Å²) in [5.41, 5.74) is 5.71. The van der Waals surface area contributed by atoms with Gasteiger partial charge in [-0.25, -0.2) is 9.78 Å². The van der Waals surface area contributed by atoms with Crippen LogP contribution in [0.15, 0.2) is 34.2 Å². The van der Waals surface area contributed by atoms with Gasteiger partial charge < -0.3 is 26.4 Å². The lowest BCUT2D eigenvalue weighted by Gasteiger charge is -2.33. The van der Waals surface area contributed by atoms with Crippen LogP contribution < -0.4 is 16.4 Å². The first kappa shape index (κ1) is 24.4. The third kappa shape index (κ3) is 5.22. The van der Waals surface area contributed by atoms with Crippen molar-refractivity contribution in [2.24, 2.45) is 5.73 Å². The van der Waals surface area contributed by atoms with Crippen molar-refractivity contribution in [2.45, 2.75) is 34.9 Å². The number of aromatic nitrogens is 1. The van der Waals surface area contributed by atoms with Crippen LogP contribution in [0, 0.1) is 0 Å². The minimum atomic E-state index is -4.50. The number of hydrogen-bond donors (Lipinski definition) is 4. The highest BCUT2D eigenvalue weighted by molar-refractivity contribution is 7.99. The van der Waals surface area contributed by atoms with Crippen molar-refractivity contribution in [2.75, 3.05) is 36.8 Å². The lowest BCUT2D eigenvalue weighted by molar-refractivity contribution is -0.137. The maximum absolute atomic E-state index is 13.6. The maximum atomic E-state index is 13.6. The van der Waals surface area contributed by atoms with Crippen LogP contribution in [0.2, 0.25) is 0 Å². The fourth-order valence-corrected chi connectivity index (χ4v) is 4.85. The molecule has 0 unspecified atom stereocenters. The molecule has 0 spiro atoms. The first-order valence-corrected chi connectivity index (χ1v) is 10.7. The van der Waals surface area contributed by atoms with Gasteiger partial charge in [0.05, 0.1) is 27.4 Å². The first-order valence-electron chi connectivity index (χ1n) is 9.87. The van der Waals surface area contributed by atoms with Crippen LogP contribution in [0.3, 0.4) is 0 Å². The van der Waals surface area contributed by atoms with Gasteiger partial charge in [-0.3, -0.25) is 0 Å². The van der Waals surface area contributed by atoms with Crippen molar-refractivity contribution in [3.8, 4) is 0 Å². The molecule has 1 aromatic heterocycles. The number of anilines is 3. The molecule has 174 valence electrons. The van der Waals surface area contributed by atoms with Gasteiger partial charge in [-0.2, -0.15) is 13.2 Å². The summed E-state index contributed by atoms with van der Waals surface area (Å²) in [5.74, 6) is -0.725. The van der Waals surface area contributed by atoms with Crippen molar-refractivity contribution >= 4 is 47.3 Å². The summed E-state index contributed by atoms with van der Waals surface area (Å²) in [7, 11) is 0. The zero-order chi connectivity index (χ0) is 22.2. The number of alkyl halides is 3. The Bertz CT molecular complexity index is 1000. The number of carboxylic acids is 1. The Morgan fingerprint density at radius 2 is 2.00 bits per heavy atom. The van der Waals surface area contributed by atoms with E-state index in [1.807, 2.05) is 0 Å². The molecule has 0 amide bonds. The van der Waals surface area contributed by atoms with Crippen molar-refractivity contribution in [1.82, 2.24) is 9.88 Å². The topological polar surface area (TPSA) is 104 Å². The Morgan fingerprint density at radius 3 is 2.62 bits per heavy atom. The molecule has 0 bridgehead atoms. The quantitative estimate of drug-likeness (QED) is 0.421. The molecule has 4 rings (SSSR count). The second kappa shape index (κ2) is 9.74. The lowest BCUT2D eigenvalue weighted by Crippen LogP contribution is -2.41. The van der Waals surface area contributed by atoms with E-state index in [2.05, 4.69) is 20.5 Å². The molecule has 3 heterocycles. The van der Waals surface area contributed by atoms with Crippen molar-refractivity contribution < 1.29 is 23.1 Å². The summed E-state index contributed by atoms with van der Waals surface area (Å²) in [6.07, 6.45) is -1.67. The molecule has 2 aromatic rings. The first-order chi connectivity index (χ1) is 14.7. The molecule has 1 saturated heterocycles. The van der Waals surface area contributed by atoms with Crippen LogP contribution in [0.5, 0.6) is 0 Å². The van der Waals surface area contributed by atoms with Crippen LogP contribution in [0.4, 0.5) is 30.4 Å². The summed E-state index contributed by atoms with van der Waals surface area (Å²) < 4.78 is 40.7. The molecule has 1 aromatic carbocycles.